The molecule has 0 radical (unpaired) electrons. The minimum Gasteiger partial charge on any atom is -0.459 e. The summed E-state index contributed by atoms with van der Waals surface area (Å²) in [5.74, 6) is -0.231. The van der Waals surface area contributed by atoms with Crippen molar-refractivity contribution in [1.29, 1.82) is 0 Å². The molecule has 0 fully saturated rings. The first kappa shape index (κ1) is 16.7. The third-order valence-corrected chi connectivity index (χ3v) is 3.18. The summed E-state index contributed by atoms with van der Waals surface area (Å²) in [7, 11) is 0. The highest BCUT2D eigenvalue weighted by Gasteiger charge is 2.16. The van der Waals surface area contributed by atoms with Crippen molar-refractivity contribution in [2.75, 3.05) is 11.5 Å². The first-order chi connectivity index (χ1) is 9.26. The Morgan fingerprint density at radius 1 is 1.15 bits per heavy atom. The lowest BCUT2D eigenvalue weighted by atomic mass is 10.1. The molecule has 0 aliphatic rings. The molecule has 3 nitrogen and oxygen atoms in total. The molecule has 0 amide bonds. The predicted molar refractivity (Wildman–Crippen MR) is 78.3 cm³/mol. The fourth-order valence-electron chi connectivity index (χ4n) is 1.50. The number of rotatable bonds is 6. The summed E-state index contributed by atoms with van der Waals surface area (Å²) in [6, 6.07) is 5.84. The maximum absolute atomic E-state index is 12.7. The highest BCUT2D eigenvalue weighted by Crippen LogP contribution is 2.11. The largest absolute Gasteiger partial charge is 0.459 e. The van der Waals surface area contributed by atoms with Gasteiger partial charge in [0.1, 0.15) is 17.2 Å². The number of benzene rings is 1. The Kier molecular flexibility index (Phi) is 6.20. The van der Waals surface area contributed by atoms with E-state index in [2.05, 4.69) is 0 Å². The molecule has 1 rings (SSSR count). The maximum Gasteiger partial charge on any atom is 0.316 e. The van der Waals surface area contributed by atoms with Crippen molar-refractivity contribution in [3.63, 3.8) is 0 Å². The van der Waals surface area contributed by atoms with Crippen LogP contribution in [0.15, 0.2) is 24.3 Å². The van der Waals surface area contributed by atoms with Gasteiger partial charge < -0.3 is 4.74 Å². The van der Waals surface area contributed by atoms with Crippen LogP contribution in [0.2, 0.25) is 0 Å². The quantitative estimate of drug-likeness (QED) is 0.757. The SMILES string of the molecule is CC(C)(C)OC(=O)CSCC(=O)Cc1ccc(F)cc1. The summed E-state index contributed by atoms with van der Waals surface area (Å²) < 4.78 is 17.8. The Hall–Kier alpha value is -1.36. The molecule has 1 aromatic carbocycles. The number of halogens is 1. The molecular weight excluding hydrogens is 279 g/mol. The fraction of sp³-hybridized carbons (Fsp3) is 0.467. The lowest BCUT2D eigenvalue weighted by molar-refractivity contribution is -0.151. The average molecular weight is 298 g/mol. The molecular formula is C15H19FO3S. The highest BCUT2D eigenvalue weighted by molar-refractivity contribution is 8.00. The molecule has 0 unspecified atom stereocenters. The number of esters is 1. The number of carbonyl (C=O) groups is 2. The molecule has 0 aliphatic heterocycles. The summed E-state index contributed by atoms with van der Waals surface area (Å²) >= 11 is 1.23. The van der Waals surface area contributed by atoms with Crippen molar-refractivity contribution in [3.05, 3.63) is 35.6 Å². The maximum atomic E-state index is 12.7. The summed E-state index contributed by atoms with van der Waals surface area (Å²) in [4.78, 5) is 23.1. The van der Waals surface area contributed by atoms with E-state index in [4.69, 9.17) is 4.74 Å². The Morgan fingerprint density at radius 3 is 2.30 bits per heavy atom. The molecule has 0 N–H and O–H groups in total. The molecule has 0 heterocycles. The minimum atomic E-state index is -0.504. The molecule has 5 heteroatoms. The lowest BCUT2D eigenvalue weighted by Crippen LogP contribution is -2.25. The van der Waals surface area contributed by atoms with Crippen LogP contribution in [0, 0.1) is 5.82 Å². The van der Waals surface area contributed by atoms with Crippen molar-refractivity contribution >= 4 is 23.5 Å². The van der Waals surface area contributed by atoms with Gasteiger partial charge >= 0.3 is 5.97 Å². The summed E-state index contributed by atoms with van der Waals surface area (Å²) in [5, 5.41) is 0. The summed E-state index contributed by atoms with van der Waals surface area (Å²) in [6.07, 6.45) is 0.252. The van der Waals surface area contributed by atoms with Crippen molar-refractivity contribution in [2.24, 2.45) is 0 Å². The van der Waals surface area contributed by atoms with Crippen LogP contribution in [0.25, 0.3) is 0 Å². The molecule has 0 bridgehead atoms. The normalized spacial score (nSPS) is 11.2. The zero-order valence-corrected chi connectivity index (χ0v) is 12.8. The van der Waals surface area contributed by atoms with Gasteiger partial charge in [0, 0.05) is 6.42 Å². The van der Waals surface area contributed by atoms with Crippen molar-refractivity contribution < 1.29 is 18.7 Å². The Labute approximate surface area is 122 Å². The van der Waals surface area contributed by atoms with Gasteiger partial charge in [-0.25, -0.2) is 4.39 Å². The molecule has 0 aliphatic carbocycles. The van der Waals surface area contributed by atoms with Crippen LogP contribution in [0.5, 0.6) is 0 Å². The molecule has 0 aromatic heterocycles. The van der Waals surface area contributed by atoms with Gasteiger partial charge in [-0.05, 0) is 38.5 Å². The van der Waals surface area contributed by atoms with E-state index in [9.17, 15) is 14.0 Å². The van der Waals surface area contributed by atoms with Crippen molar-refractivity contribution in [2.45, 2.75) is 32.8 Å². The van der Waals surface area contributed by atoms with Gasteiger partial charge in [-0.1, -0.05) is 12.1 Å². The molecule has 20 heavy (non-hydrogen) atoms. The zero-order valence-electron chi connectivity index (χ0n) is 11.9. The first-order valence-electron chi connectivity index (χ1n) is 6.32. The lowest BCUT2D eigenvalue weighted by Gasteiger charge is -2.19. The van der Waals surface area contributed by atoms with E-state index < -0.39 is 5.60 Å². The third-order valence-electron chi connectivity index (χ3n) is 2.22. The van der Waals surface area contributed by atoms with Crippen LogP contribution in [-0.4, -0.2) is 28.9 Å². The molecule has 0 saturated carbocycles. The number of hydrogen-bond acceptors (Lipinski definition) is 4. The van der Waals surface area contributed by atoms with Gasteiger partial charge in [0.2, 0.25) is 0 Å². The van der Waals surface area contributed by atoms with Crippen LogP contribution in [0.1, 0.15) is 26.3 Å². The van der Waals surface area contributed by atoms with Gasteiger partial charge in [0.25, 0.3) is 0 Å². The van der Waals surface area contributed by atoms with E-state index in [-0.39, 0.29) is 35.5 Å². The van der Waals surface area contributed by atoms with Crippen LogP contribution in [0.3, 0.4) is 0 Å². The summed E-state index contributed by atoms with van der Waals surface area (Å²) in [6.45, 7) is 5.40. The van der Waals surface area contributed by atoms with Gasteiger partial charge in [0.15, 0.2) is 0 Å². The average Bonchev–Trinajstić information content (AvgIpc) is 2.29. The molecule has 110 valence electrons. The number of carbonyl (C=O) groups excluding carboxylic acids is 2. The molecule has 0 atom stereocenters. The van der Waals surface area contributed by atoms with E-state index in [1.54, 1.807) is 32.9 Å². The van der Waals surface area contributed by atoms with Crippen molar-refractivity contribution in [3.8, 4) is 0 Å². The standard InChI is InChI=1S/C15H19FO3S/c1-15(2,3)19-14(18)10-20-9-13(17)8-11-4-6-12(16)7-5-11/h4-7H,8-10H2,1-3H3. The molecule has 0 saturated heterocycles. The second kappa shape index (κ2) is 7.43. The van der Waals surface area contributed by atoms with Gasteiger partial charge in [-0.2, -0.15) is 0 Å². The van der Waals surface area contributed by atoms with Crippen LogP contribution in [-0.2, 0) is 20.7 Å². The number of thioether (sulfide) groups is 1. The number of hydrogen-bond donors (Lipinski definition) is 0. The van der Waals surface area contributed by atoms with E-state index >= 15 is 0 Å². The topological polar surface area (TPSA) is 43.4 Å². The van der Waals surface area contributed by atoms with Crippen LogP contribution < -0.4 is 0 Å². The second-order valence-electron chi connectivity index (χ2n) is 5.42. The van der Waals surface area contributed by atoms with Crippen molar-refractivity contribution in [1.82, 2.24) is 0 Å². The van der Waals surface area contributed by atoms with E-state index in [1.165, 1.54) is 23.9 Å². The van der Waals surface area contributed by atoms with Gasteiger partial charge in [-0.15, -0.1) is 11.8 Å². The van der Waals surface area contributed by atoms with E-state index in [1.807, 2.05) is 0 Å². The number of ketones is 1. The van der Waals surface area contributed by atoms with Crippen LogP contribution in [0.4, 0.5) is 4.39 Å². The highest BCUT2D eigenvalue weighted by atomic mass is 32.2. The monoisotopic (exact) mass is 298 g/mol. The second-order valence-corrected chi connectivity index (χ2v) is 6.41. The van der Waals surface area contributed by atoms with Gasteiger partial charge in [0.05, 0.1) is 11.5 Å². The fourth-order valence-corrected chi connectivity index (χ4v) is 2.16. The Morgan fingerprint density at radius 2 is 1.75 bits per heavy atom. The van der Waals surface area contributed by atoms with E-state index in [0.29, 0.717) is 0 Å². The summed E-state index contributed by atoms with van der Waals surface area (Å²) in [5.41, 5.74) is 0.268. The zero-order chi connectivity index (χ0) is 15.2. The number of ether oxygens (including phenoxy) is 1. The first-order valence-corrected chi connectivity index (χ1v) is 7.47. The molecule has 1 aromatic rings. The third kappa shape index (κ3) is 7.28. The Balaban J connectivity index is 2.27. The van der Waals surface area contributed by atoms with Gasteiger partial charge in [-0.3, -0.25) is 9.59 Å². The predicted octanol–water partition coefficient (Wildman–Crippen LogP) is 3.01. The number of Topliss-reactive ketones (excluding diaryl/α,β-unsaturated/α-hetero) is 1. The minimum absolute atomic E-state index is 0.00478. The smallest absolute Gasteiger partial charge is 0.316 e. The Bertz CT molecular complexity index is 463. The molecule has 0 spiro atoms. The van der Waals surface area contributed by atoms with E-state index in [0.717, 1.165) is 5.56 Å². The van der Waals surface area contributed by atoms with Crippen LogP contribution >= 0.6 is 11.8 Å².